The third-order valence-electron chi connectivity index (χ3n) is 6.79. The van der Waals surface area contributed by atoms with Gasteiger partial charge in [-0.1, -0.05) is 30.3 Å². The fraction of sp³-hybridized carbons (Fsp3) is 0.367. The minimum atomic E-state index is -0.552. The summed E-state index contributed by atoms with van der Waals surface area (Å²) in [6.07, 6.45) is 5.36. The number of carbonyl (C=O) groups is 2. The molecule has 0 bridgehead atoms. The van der Waals surface area contributed by atoms with Crippen LogP contribution in [0, 0.1) is 0 Å². The zero-order chi connectivity index (χ0) is 29.1. The number of nitrogens with one attached hydrogen (secondary N) is 1. The predicted molar refractivity (Wildman–Crippen MR) is 156 cm³/mol. The summed E-state index contributed by atoms with van der Waals surface area (Å²) in [4.78, 5) is 38.2. The Kier molecular flexibility index (Phi) is 7.78. The lowest BCUT2D eigenvalue weighted by Gasteiger charge is -2.28. The van der Waals surface area contributed by atoms with Gasteiger partial charge in [-0.3, -0.25) is 9.48 Å². The molecule has 41 heavy (non-hydrogen) atoms. The SMILES string of the molecule is CN(C(=O)OC(C)(C)C)[C@@H]1CCN(c2cnc(C(=O)Nc3cc4cn(C)nc4cc3OCc3ccccc3)cn2)C1. The number of aromatic nitrogens is 4. The van der Waals surface area contributed by atoms with Crippen LogP contribution in [0.2, 0.25) is 0 Å². The Morgan fingerprint density at radius 3 is 2.61 bits per heavy atom. The number of fused-ring (bicyclic) bond motifs is 1. The normalized spacial score (nSPS) is 15.1. The number of hydrogen-bond donors (Lipinski definition) is 1. The molecule has 5 rings (SSSR count). The Balaban J connectivity index is 1.26. The summed E-state index contributed by atoms with van der Waals surface area (Å²) in [5, 5.41) is 8.27. The minimum Gasteiger partial charge on any atom is -0.487 e. The van der Waals surface area contributed by atoms with Crippen molar-refractivity contribution in [3.8, 4) is 5.75 Å². The summed E-state index contributed by atoms with van der Waals surface area (Å²) in [5.41, 5.74) is 1.91. The monoisotopic (exact) mass is 557 g/mol. The van der Waals surface area contributed by atoms with Crippen molar-refractivity contribution in [2.24, 2.45) is 7.05 Å². The Bertz CT molecular complexity index is 1530. The highest BCUT2D eigenvalue weighted by Gasteiger charge is 2.31. The lowest BCUT2D eigenvalue weighted by atomic mass is 10.2. The second kappa shape index (κ2) is 11.4. The van der Waals surface area contributed by atoms with E-state index in [2.05, 4.69) is 20.4 Å². The fourth-order valence-electron chi connectivity index (χ4n) is 4.67. The van der Waals surface area contributed by atoms with Crippen LogP contribution in [0.3, 0.4) is 0 Å². The fourth-order valence-corrected chi connectivity index (χ4v) is 4.67. The van der Waals surface area contributed by atoms with Gasteiger partial charge in [0.25, 0.3) is 5.91 Å². The van der Waals surface area contributed by atoms with Gasteiger partial charge in [-0.2, -0.15) is 5.10 Å². The second-order valence-corrected chi connectivity index (χ2v) is 11.2. The summed E-state index contributed by atoms with van der Waals surface area (Å²) in [5.74, 6) is 0.751. The average molecular weight is 558 g/mol. The number of benzene rings is 2. The topological polar surface area (TPSA) is 115 Å². The predicted octanol–water partition coefficient (Wildman–Crippen LogP) is 4.64. The molecule has 3 heterocycles. The van der Waals surface area contributed by atoms with Gasteiger partial charge in [-0.05, 0) is 38.8 Å². The minimum absolute atomic E-state index is 0.00803. The van der Waals surface area contributed by atoms with E-state index >= 15 is 0 Å². The summed E-state index contributed by atoms with van der Waals surface area (Å²) >= 11 is 0. The van der Waals surface area contributed by atoms with Crippen LogP contribution in [0.1, 0.15) is 43.2 Å². The number of anilines is 2. The van der Waals surface area contributed by atoms with Crippen LogP contribution in [-0.2, 0) is 18.4 Å². The highest BCUT2D eigenvalue weighted by molar-refractivity contribution is 6.04. The lowest BCUT2D eigenvalue weighted by Crippen LogP contribution is -2.42. The first-order valence-corrected chi connectivity index (χ1v) is 13.5. The Morgan fingerprint density at radius 1 is 1.12 bits per heavy atom. The van der Waals surface area contributed by atoms with E-state index in [0.29, 0.717) is 37.0 Å². The average Bonchev–Trinajstić information content (AvgIpc) is 3.57. The maximum atomic E-state index is 13.2. The standard InChI is InChI=1S/C30H35N7O4/c1-30(2,3)41-29(39)36(5)22-11-12-37(18-22)27-16-31-25(15-32-27)28(38)33-24-13-21-17-35(4)34-23(21)14-26(24)40-19-20-9-7-6-8-10-20/h6-10,13-17,22H,11-12,18-19H2,1-5H3,(H,33,38)/t22-/m1/s1. The Morgan fingerprint density at radius 2 is 1.90 bits per heavy atom. The number of rotatable bonds is 7. The molecule has 1 N–H and O–H groups in total. The Hall–Kier alpha value is -4.67. The van der Waals surface area contributed by atoms with Crippen LogP contribution in [0.15, 0.2) is 61.1 Å². The molecule has 0 radical (unpaired) electrons. The van der Waals surface area contributed by atoms with E-state index in [0.717, 1.165) is 22.9 Å². The van der Waals surface area contributed by atoms with Gasteiger partial charge in [0.1, 0.15) is 29.5 Å². The molecule has 11 heteroatoms. The molecule has 0 unspecified atom stereocenters. The number of nitrogens with zero attached hydrogens (tertiary/aromatic N) is 6. The molecule has 4 aromatic rings. The van der Waals surface area contributed by atoms with Gasteiger partial charge in [0.05, 0.1) is 29.6 Å². The third kappa shape index (κ3) is 6.74. The van der Waals surface area contributed by atoms with Crippen LogP contribution < -0.4 is 15.0 Å². The number of hydrogen-bond acceptors (Lipinski definition) is 8. The first kappa shape index (κ1) is 27.9. The van der Waals surface area contributed by atoms with Crippen LogP contribution in [0.4, 0.5) is 16.3 Å². The van der Waals surface area contributed by atoms with E-state index < -0.39 is 11.5 Å². The molecule has 214 valence electrons. The molecule has 11 nitrogen and oxygen atoms in total. The summed E-state index contributed by atoms with van der Waals surface area (Å²) in [7, 11) is 3.60. The van der Waals surface area contributed by atoms with E-state index in [1.165, 1.54) is 6.20 Å². The molecule has 0 saturated carbocycles. The van der Waals surface area contributed by atoms with Crippen molar-refractivity contribution in [1.29, 1.82) is 0 Å². The molecule has 2 aromatic heterocycles. The van der Waals surface area contributed by atoms with Gasteiger partial charge in [0.2, 0.25) is 0 Å². The number of carbonyl (C=O) groups excluding carboxylic acids is 2. The van der Waals surface area contributed by atoms with Gasteiger partial charge in [-0.25, -0.2) is 14.8 Å². The first-order valence-electron chi connectivity index (χ1n) is 13.5. The lowest BCUT2D eigenvalue weighted by molar-refractivity contribution is 0.0237. The van der Waals surface area contributed by atoms with Crippen molar-refractivity contribution in [2.75, 3.05) is 30.4 Å². The molecule has 0 spiro atoms. The zero-order valence-corrected chi connectivity index (χ0v) is 24.0. The third-order valence-corrected chi connectivity index (χ3v) is 6.79. The van der Waals surface area contributed by atoms with Crippen LogP contribution >= 0.6 is 0 Å². The summed E-state index contributed by atoms with van der Waals surface area (Å²) in [6, 6.07) is 13.5. The van der Waals surface area contributed by atoms with E-state index in [4.69, 9.17) is 9.47 Å². The van der Waals surface area contributed by atoms with Gasteiger partial charge < -0.3 is 24.6 Å². The zero-order valence-electron chi connectivity index (χ0n) is 24.0. The second-order valence-electron chi connectivity index (χ2n) is 11.2. The van der Waals surface area contributed by atoms with Crippen molar-refractivity contribution < 1.29 is 19.1 Å². The molecular weight excluding hydrogens is 522 g/mol. The first-order chi connectivity index (χ1) is 19.6. The van der Waals surface area contributed by atoms with Crippen molar-refractivity contribution >= 4 is 34.4 Å². The van der Waals surface area contributed by atoms with E-state index in [1.54, 1.807) is 22.8 Å². The van der Waals surface area contributed by atoms with Gasteiger partial charge in [0.15, 0.2) is 0 Å². The van der Waals surface area contributed by atoms with Crippen LogP contribution in [0.5, 0.6) is 5.75 Å². The van der Waals surface area contributed by atoms with Crippen molar-refractivity contribution in [3.63, 3.8) is 0 Å². The number of ether oxygens (including phenoxy) is 2. The van der Waals surface area contributed by atoms with Gasteiger partial charge in [-0.15, -0.1) is 0 Å². The smallest absolute Gasteiger partial charge is 0.410 e. The van der Waals surface area contributed by atoms with Crippen molar-refractivity contribution in [3.05, 3.63) is 72.3 Å². The van der Waals surface area contributed by atoms with Crippen molar-refractivity contribution in [2.45, 2.75) is 45.4 Å². The maximum Gasteiger partial charge on any atom is 0.410 e. The highest BCUT2D eigenvalue weighted by Crippen LogP contribution is 2.31. The molecule has 1 saturated heterocycles. The van der Waals surface area contributed by atoms with Crippen LogP contribution in [-0.4, -0.2) is 68.4 Å². The number of aryl methyl sites for hydroxylation is 1. The summed E-state index contributed by atoms with van der Waals surface area (Å²) < 4.78 is 13.3. The molecule has 1 fully saturated rings. The maximum absolute atomic E-state index is 13.2. The molecular formula is C30H35N7O4. The molecule has 1 aliphatic heterocycles. The van der Waals surface area contributed by atoms with Gasteiger partial charge in [0, 0.05) is 44.8 Å². The molecule has 0 aliphatic carbocycles. The number of likely N-dealkylation sites (N-methyl/N-ethyl adjacent to an activating group) is 1. The van der Waals surface area contributed by atoms with E-state index in [-0.39, 0.29) is 17.8 Å². The molecule has 1 atom stereocenters. The molecule has 2 amide bonds. The molecule has 2 aromatic carbocycles. The van der Waals surface area contributed by atoms with Gasteiger partial charge >= 0.3 is 6.09 Å². The van der Waals surface area contributed by atoms with E-state index in [9.17, 15) is 9.59 Å². The number of amides is 2. The quantitative estimate of drug-likeness (QED) is 0.350. The van der Waals surface area contributed by atoms with E-state index in [1.807, 2.05) is 81.4 Å². The molecule has 1 aliphatic rings. The van der Waals surface area contributed by atoms with Crippen LogP contribution in [0.25, 0.3) is 10.9 Å². The van der Waals surface area contributed by atoms with Crippen molar-refractivity contribution in [1.82, 2.24) is 24.6 Å². The largest absolute Gasteiger partial charge is 0.487 e. The highest BCUT2D eigenvalue weighted by atomic mass is 16.6. The Labute approximate surface area is 239 Å². The summed E-state index contributed by atoms with van der Waals surface area (Å²) in [6.45, 7) is 7.21.